The fraction of sp³-hybridized carbons (Fsp3) is 0.316. The van der Waals surface area contributed by atoms with Gasteiger partial charge in [-0.1, -0.05) is 19.1 Å². The van der Waals surface area contributed by atoms with Gasteiger partial charge in [0.1, 0.15) is 11.4 Å². The minimum atomic E-state index is -0.610. The van der Waals surface area contributed by atoms with E-state index in [1.807, 2.05) is 6.92 Å². The van der Waals surface area contributed by atoms with E-state index in [0.717, 1.165) is 4.57 Å². The van der Waals surface area contributed by atoms with Crippen molar-refractivity contribution >= 4 is 17.7 Å². The molecule has 0 unspecified atom stereocenters. The zero-order chi connectivity index (χ0) is 19.7. The number of ether oxygens (including phenoxy) is 2. The molecule has 1 N–H and O–H groups in total. The number of hydrogen-bond donors (Lipinski definition) is 1. The van der Waals surface area contributed by atoms with E-state index in [9.17, 15) is 14.4 Å². The lowest BCUT2D eigenvalue weighted by Crippen LogP contribution is -2.40. The van der Waals surface area contributed by atoms with Gasteiger partial charge in [-0.2, -0.15) is 0 Å². The maximum absolute atomic E-state index is 12.9. The van der Waals surface area contributed by atoms with E-state index in [-0.39, 0.29) is 17.1 Å². The Morgan fingerprint density at radius 2 is 1.89 bits per heavy atom. The van der Waals surface area contributed by atoms with E-state index in [2.05, 4.69) is 5.32 Å². The molecule has 1 aromatic carbocycles. The monoisotopic (exact) mass is 371 g/mol. The lowest BCUT2D eigenvalue weighted by Gasteiger charge is -2.12. The second-order valence-corrected chi connectivity index (χ2v) is 6.12. The summed E-state index contributed by atoms with van der Waals surface area (Å²) in [5.74, 6) is 0.772. The summed E-state index contributed by atoms with van der Waals surface area (Å²) in [4.78, 5) is 37.8. The molecule has 0 amide bonds. The molecule has 0 saturated carbocycles. The standard InChI is InChI=1S/C19H21N3O5/c1-5-9-22-17-14(18(24)21(2)19(22)25)15(23)12(20-17)10-11-7-6-8-13(26-3)16(11)27-4/h6-8,10,20H,5,9H2,1-4H3/b12-10-. The summed E-state index contributed by atoms with van der Waals surface area (Å²) in [5.41, 5.74) is -0.286. The largest absolute Gasteiger partial charge is 0.493 e. The normalized spacial score (nSPS) is 14.2. The van der Waals surface area contributed by atoms with Gasteiger partial charge in [-0.15, -0.1) is 0 Å². The number of allylic oxidation sites excluding steroid dienone is 1. The Morgan fingerprint density at radius 1 is 1.15 bits per heavy atom. The highest BCUT2D eigenvalue weighted by Gasteiger charge is 2.32. The van der Waals surface area contributed by atoms with Crippen molar-refractivity contribution in [3.63, 3.8) is 0 Å². The molecule has 0 spiro atoms. The molecule has 2 aromatic rings. The zero-order valence-corrected chi connectivity index (χ0v) is 15.7. The van der Waals surface area contributed by atoms with Gasteiger partial charge in [0, 0.05) is 19.2 Å². The van der Waals surface area contributed by atoms with E-state index >= 15 is 0 Å². The first-order valence-corrected chi connectivity index (χ1v) is 8.52. The van der Waals surface area contributed by atoms with Gasteiger partial charge in [0.05, 0.1) is 19.9 Å². The summed E-state index contributed by atoms with van der Waals surface area (Å²) in [6.45, 7) is 2.31. The Morgan fingerprint density at radius 3 is 2.52 bits per heavy atom. The number of ketones is 1. The highest BCUT2D eigenvalue weighted by atomic mass is 16.5. The smallest absolute Gasteiger partial charge is 0.332 e. The molecule has 8 nitrogen and oxygen atoms in total. The molecule has 0 fully saturated rings. The lowest BCUT2D eigenvalue weighted by atomic mass is 10.1. The van der Waals surface area contributed by atoms with Gasteiger partial charge < -0.3 is 14.8 Å². The van der Waals surface area contributed by atoms with E-state index in [1.165, 1.54) is 25.8 Å². The molecule has 142 valence electrons. The predicted octanol–water partition coefficient (Wildman–Crippen LogP) is 1.62. The van der Waals surface area contributed by atoms with Crippen molar-refractivity contribution in [3.8, 4) is 11.5 Å². The molecular weight excluding hydrogens is 350 g/mol. The summed E-state index contributed by atoms with van der Waals surface area (Å²) in [6.07, 6.45) is 2.27. The number of rotatable bonds is 5. The molecule has 0 aliphatic carbocycles. The average molecular weight is 371 g/mol. The summed E-state index contributed by atoms with van der Waals surface area (Å²) < 4.78 is 13.0. The SMILES string of the molecule is CCCn1c2c(c(=O)n(C)c1=O)C(=O)/C(=C/c1cccc(OC)c1OC)N2. The number of hydrogen-bond acceptors (Lipinski definition) is 6. The second kappa shape index (κ2) is 7.14. The summed E-state index contributed by atoms with van der Waals surface area (Å²) >= 11 is 0. The summed E-state index contributed by atoms with van der Waals surface area (Å²) in [6, 6.07) is 5.28. The first-order chi connectivity index (χ1) is 12.9. The first kappa shape index (κ1) is 18.5. The van der Waals surface area contributed by atoms with Crippen molar-refractivity contribution in [1.82, 2.24) is 9.13 Å². The van der Waals surface area contributed by atoms with Crippen LogP contribution in [0.25, 0.3) is 6.08 Å². The van der Waals surface area contributed by atoms with Gasteiger partial charge in [-0.05, 0) is 18.6 Å². The number of nitrogens with zero attached hydrogens (tertiary/aromatic N) is 2. The van der Waals surface area contributed by atoms with Crippen molar-refractivity contribution in [3.05, 3.63) is 55.9 Å². The maximum atomic E-state index is 12.9. The van der Waals surface area contributed by atoms with Gasteiger partial charge in [0.2, 0.25) is 5.78 Å². The fourth-order valence-electron chi connectivity index (χ4n) is 3.14. The number of para-hydroxylation sites is 1. The van der Waals surface area contributed by atoms with Crippen LogP contribution in [0.3, 0.4) is 0 Å². The quantitative estimate of drug-likeness (QED) is 0.803. The van der Waals surface area contributed by atoms with Gasteiger partial charge in [0.25, 0.3) is 5.56 Å². The van der Waals surface area contributed by atoms with Crippen LogP contribution in [0.4, 0.5) is 5.82 Å². The maximum Gasteiger partial charge on any atom is 0.332 e. The molecule has 1 aromatic heterocycles. The molecule has 27 heavy (non-hydrogen) atoms. The molecule has 0 saturated heterocycles. The molecule has 1 aliphatic rings. The van der Waals surface area contributed by atoms with Gasteiger partial charge in [-0.25, -0.2) is 4.79 Å². The molecular formula is C19H21N3O5. The van der Waals surface area contributed by atoms with Crippen molar-refractivity contribution in [2.45, 2.75) is 19.9 Å². The Hall–Kier alpha value is -3.29. The van der Waals surface area contributed by atoms with E-state index < -0.39 is 17.0 Å². The van der Waals surface area contributed by atoms with Crippen LogP contribution in [0.1, 0.15) is 29.3 Å². The molecule has 0 radical (unpaired) electrons. The number of carbonyl (C=O) groups excluding carboxylic acids is 1. The third-order valence-electron chi connectivity index (χ3n) is 4.45. The van der Waals surface area contributed by atoms with Crippen LogP contribution in [0.5, 0.6) is 11.5 Å². The molecule has 1 aliphatic heterocycles. The average Bonchev–Trinajstić information content (AvgIpc) is 2.99. The lowest BCUT2D eigenvalue weighted by molar-refractivity contribution is 0.104. The molecule has 0 bridgehead atoms. The number of benzene rings is 1. The fourth-order valence-corrected chi connectivity index (χ4v) is 3.14. The van der Waals surface area contributed by atoms with Crippen molar-refractivity contribution in [1.29, 1.82) is 0 Å². The van der Waals surface area contributed by atoms with Crippen LogP contribution >= 0.6 is 0 Å². The summed E-state index contributed by atoms with van der Waals surface area (Å²) in [5, 5.41) is 2.95. The van der Waals surface area contributed by atoms with Gasteiger partial charge in [0.15, 0.2) is 11.5 Å². The van der Waals surface area contributed by atoms with Crippen molar-refractivity contribution in [2.75, 3.05) is 19.5 Å². The third kappa shape index (κ3) is 2.92. The van der Waals surface area contributed by atoms with Crippen LogP contribution in [0, 0.1) is 0 Å². The van der Waals surface area contributed by atoms with Crippen LogP contribution in [0.15, 0.2) is 33.5 Å². The van der Waals surface area contributed by atoms with Crippen LogP contribution < -0.4 is 26.0 Å². The number of aromatic nitrogens is 2. The molecule has 2 heterocycles. The van der Waals surface area contributed by atoms with Crippen LogP contribution in [0.2, 0.25) is 0 Å². The van der Waals surface area contributed by atoms with Crippen molar-refractivity contribution < 1.29 is 14.3 Å². The minimum absolute atomic E-state index is 0.0290. The molecule has 8 heteroatoms. The van der Waals surface area contributed by atoms with E-state index in [0.29, 0.717) is 30.0 Å². The molecule has 0 atom stereocenters. The Bertz CT molecular complexity index is 1060. The Labute approximate surface area is 155 Å². The second-order valence-electron chi connectivity index (χ2n) is 6.12. The minimum Gasteiger partial charge on any atom is -0.493 e. The van der Waals surface area contributed by atoms with Crippen LogP contribution in [-0.4, -0.2) is 29.1 Å². The Kier molecular flexibility index (Phi) is 4.89. The topological polar surface area (TPSA) is 91.6 Å². The third-order valence-corrected chi connectivity index (χ3v) is 4.45. The highest BCUT2D eigenvalue weighted by Crippen LogP contribution is 2.34. The summed E-state index contributed by atoms with van der Waals surface area (Å²) in [7, 11) is 4.40. The van der Waals surface area contributed by atoms with Crippen LogP contribution in [-0.2, 0) is 13.6 Å². The van der Waals surface area contributed by atoms with E-state index in [4.69, 9.17) is 9.47 Å². The zero-order valence-electron chi connectivity index (χ0n) is 15.7. The highest BCUT2D eigenvalue weighted by molar-refractivity contribution is 6.19. The first-order valence-electron chi connectivity index (χ1n) is 8.52. The van der Waals surface area contributed by atoms with E-state index in [1.54, 1.807) is 24.3 Å². The molecule has 3 rings (SSSR count). The van der Waals surface area contributed by atoms with Gasteiger partial charge in [-0.3, -0.25) is 18.7 Å². The number of nitrogens with one attached hydrogen (secondary N) is 1. The predicted molar refractivity (Wildman–Crippen MR) is 102 cm³/mol. The number of fused-ring (bicyclic) bond motifs is 1. The number of Topliss-reactive ketones (excluding diaryl/α,β-unsaturated/α-hetero) is 1. The number of methoxy groups -OCH3 is 2. The number of carbonyl (C=O) groups is 1. The number of anilines is 1. The Balaban J connectivity index is 2.18. The van der Waals surface area contributed by atoms with Gasteiger partial charge >= 0.3 is 5.69 Å². The van der Waals surface area contributed by atoms with Crippen molar-refractivity contribution in [2.24, 2.45) is 7.05 Å².